The molecule has 5 nitrogen and oxygen atoms in total. The first-order valence-corrected chi connectivity index (χ1v) is 6.27. The van der Waals surface area contributed by atoms with Gasteiger partial charge in [0.1, 0.15) is 6.04 Å². The predicted molar refractivity (Wildman–Crippen MR) is 63.9 cm³/mol. The van der Waals surface area contributed by atoms with Crippen LogP contribution in [0.1, 0.15) is 18.9 Å². The maximum atomic E-state index is 9.30. The molecule has 3 N–H and O–H groups in total. The highest BCUT2D eigenvalue weighted by molar-refractivity contribution is 9.10. The third kappa shape index (κ3) is 2.32. The number of nitrogens with zero attached hydrogens (tertiary/aromatic N) is 2. The van der Waals surface area contributed by atoms with Gasteiger partial charge < -0.3 is 15.4 Å². The molecule has 2 aromatic rings. The van der Waals surface area contributed by atoms with Crippen molar-refractivity contribution in [1.29, 1.82) is 0 Å². The molecule has 2 heterocycles. The summed E-state index contributed by atoms with van der Waals surface area (Å²) in [6.45, 7) is 1.58. The molecule has 2 aromatic heterocycles. The molecule has 7 heteroatoms. The van der Waals surface area contributed by atoms with Crippen LogP contribution in [0.5, 0.6) is 0 Å². The summed E-state index contributed by atoms with van der Waals surface area (Å²) >= 11 is 4.85. The van der Waals surface area contributed by atoms with E-state index in [-0.39, 0.29) is 5.89 Å². The highest BCUT2D eigenvalue weighted by Gasteiger charge is 2.20. The van der Waals surface area contributed by atoms with Crippen molar-refractivity contribution in [3.05, 3.63) is 21.8 Å². The smallest absolute Gasteiger partial charge is 0.246 e. The minimum Gasteiger partial charge on any atom is -0.391 e. The van der Waals surface area contributed by atoms with Crippen LogP contribution in [0.2, 0.25) is 0 Å². The van der Waals surface area contributed by atoms with Crippen LogP contribution < -0.4 is 5.73 Å². The Balaban J connectivity index is 2.26. The second-order valence-electron chi connectivity index (χ2n) is 3.35. The van der Waals surface area contributed by atoms with Crippen molar-refractivity contribution in [3.8, 4) is 10.7 Å². The molecule has 0 saturated carbocycles. The fourth-order valence-electron chi connectivity index (χ4n) is 1.11. The van der Waals surface area contributed by atoms with Crippen molar-refractivity contribution < 1.29 is 9.63 Å². The second-order valence-corrected chi connectivity index (χ2v) is 5.18. The lowest BCUT2D eigenvalue weighted by Crippen LogP contribution is -2.23. The topological polar surface area (TPSA) is 85.2 Å². The molecule has 2 unspecified atom stereocenters. The summed E-state index contributed by atoms with van der Waals surface area (Å²) < 4.78 is 5.97. The van der Waals surface area contributed by atoms with Crippen LogP contribution in [0.15, 0.2) is 20.4 Å². The van der Waals surface area contributed by atoms with Crippen LogP contribution in [0.25, 0.3) is 10.7 Å². The van der Waals surface area contributed by atoms with E-state index >= 15 is 0 Å². The normalized spacial score (nSPS) is 15.0. The fraction of sp³-hybridized carbons (Fsp3) is 0.333. The van der Waals surface area contributed by atoms with Crippen molar-refractivity contribution >= 4 is 27.3 Å². The number of hydrogen-bond donors (Lipinski definition) is 2. The van der Waals surface area contributed by atoms with E-state index in [2.05, 4.69) is 26.1 Å². The maximum absolute atomic E-state index is 9.30. The molecule has 0 saturated heterocycles. The lowest BCUT2D eigenvalue weighted by atomic mass is 10.2. The maximum Gasteiger partial charge on any atom is 0.246 e. The van der Waals surface area contributed by atoms with Crippen LogP contribution in [-0.4, -0.2) is 21.4 Å². The van der Waals surface area contributed by atoms with Crippen molar-refractivity contribution in [2.75, 3.05) is 0 Å². The molecule has 2 rings (SSSR count). The van der Waals surface area contributed by atoms with E-state index in [1.807, 2.05) is 11.4 Å². The summed E-state index contributed by atoms with van der Waals surface area (Å²) in [6, 6.07) is 1.25. The Hall–Kier alpha value is -0.760. The molecule has 0 aliphatic carbocycles. The molecule has 0 spiro atoms. The van der Waals surface area contributed by atoms with Gasteiger partial charge in [0.2, 0.25) is 11.7 Å². The van der Waals surface area contributed by atoms with E-state index in [9.17, 15) is 5.11 Å². The Kier molecular flexibility index (Phi) is 3.38. The quantitative estimate of drug-likeness (QED) is 0.905. The number of aliphatic hydroxyl groups is 1. The van der Waals surface area contributed by atoms with Gasteiger partial charge in [-0.3, -0.25) is 0 Å². The molecule has 0 radical (unpaired) electrons. The van der Waals surface area contributed by atoms with Crippen LogP contribution in [0.4, 0.5) is 0 Å². The van der Waals surface area contributed by atoms with Crippen LogP contribution in [-0.2, 0) is 0 Å². The summed E-state index contributed by atoms with van der Waals surface area (Å²) in [6.07, 6.45) is -0.719. The molecule has 0 amide bonds. The third-order valence-corrected chi connectivity index (χ3v) is 3.72. The molecule has 2 atom stereocenters. The van der Waals surface area contributed by atoms with Gasteiger partial charge >= 0.3 is 0 Å². The first-order chi connectivity index (χ1) is 7.58. The monoisotopic (exact) mass is 303 g/mol. The van der Waals surface area contributed by atoms with Crippen LogP contribution in [0.3, 0.4) is 0 Å². The molecule has 0 aliphatic rings. The second kappa shape index (κ2) is 4.62. The average Bonchev–Trinajstić information content (AvgIpc) is 2.84. The van der Waals surface area contributed by atoms with Gasteiger partial charge in [0, 0.05) is 9.85 Å². The van der Waals surface area contributed by atoms with Gasteiger partial charge in [-0.2, -0.15) is 4.98 Å². The molecule has 0 aliphatic heterocycles. The number of nitrogens with two attached hydrogens (primary N) is 1. The van der Waals surface area contributed by atoms with Crippen molar-refractivity contribution in [2.45, 2.75) is 19.1 Å². The molecule has 86 valence electrons. The summed E-state index contributed by atoms with van der Waals surface area (Å²) in [5, 5.41) is 15.0. The average molecular weight is 304 g/mol. The minimum absolute atomic E-state index is 0.245. The highest BCUT2D eigenvalue weighted by atomic mass is 79.9. The van der Waals surface area contributed by atoms with Gasteiger partial charge in [-0.25, -0.2) is 0 Å². The van der Waals surface area contributed by atoms with Gasteiger partial charge in [0.05, 0.1) is 11.0 Å². The van der Waals surface area contributed by atoms with Crippen molar-refractivity contribution in [2.24, 2.45) is 5.73 Å². The van der Waals surface area contributed by atoms with Crippen LogP contribution >= 0.6 is 27.3 Å². The zero-order valence-electron chi connectivity index (χ0n) is 8.42. The molecular weight excluding hydrogens is 294 g/mol. The number of hydrogen-bond acceptors (Lipinski definition) is 6. The summed E-state index contributed by atoms with van der Waals surface area (Å²) in [4.78, 5) is 5.03. The van der Waals surface area contributed by atoms with E-state index in [0.29, 0.717) is 5.82 Å². The third-order valence-electron chi connectivity index (χ3n) is 2.03. The van der Waals surface area contributed by atoms with Crippen molar-refractivity contribution in [1.82, 2.24) is 10.1 Å². The summed E-state index contributed by atoms with van der Waals surface area (Å²) in [7, 11) is 0. The zero-order chi connectivity index (χ0) is 11.7. The first-order valence-electron chi connectivity index (χ1n) is 4.59. The highest BCUT2D eigenvalue weighted by Crippen LogP contribution is 2.28. The van der Waals surface area contributed by atoms with E-state index in [4.69, 9.17) is 10.3 Å². The van der Waals surface area contributed by atoms with E-state index in [1.165, 1.54) is 11.3 Å². The van der Waals surface area contributed by atoms with Gasteiger partial charge in [0.15, 0.2) is 0 Å². The van der Waals surface area contributed by atoms with E-state index in [0.717, 1.165) is 9.35 Å². The number of halogens is 1. The Bertz CT molecular complexity index is 483. The SMILES string of the molecule is CC(O)C(N)c1nc(-c2cc(Br)cs2)no1. The lowest BCUT2D eigenvalue weighted by Gasteiger charge is -2.08. The number of aliphatic hydroxyl groups excluding tert-OH is 1. The fourth-order valence-corrected chi connectivity index (χ4v) is 2.46. The molecular formula is C9H10BrN3O2S. The van der Waals surface area contributed by atoms with Gasteiger partial charge in [-0.15, -0.1) is 11.3 Å². The molecule has 0 fully saturated rings. The lowest BCUT2D eigenvalue weighted by molar-refractivity contribution is 0.146. The summed E-state index contributed by atoms with van der Waals surface area (Å²) in [5.74, 6) is 0.733. The van der Waals surface area contributed by atoms with Gasteiger partial charge in [0.25, 0.3) is 0 Å². The van der Waals surface area contributed by atoms with Crippen molar-refractivity contribution in [3.63, 3.8) is 0 Å². The minimum atomic E-state index is -0.719. The Labute approximate surface area is 104 Å². The van der Waals surface area contributed by atoms with E-state index < -0.39 is 12.1 Å². The van der Waals surface area contributed by atoms with Gasteiger partial charge in [-0.1, -0.05) is 5.16 Å². The number of rotatable bonds is 3. The Morgan fingerprint density at radius 3 is 2.94 bits per heavy atom. The number of thiophene rings is 1. The van der Waals surface area contributed by atoms with Gasteiger partial charge in [-0.05, 0) is 28.9 Å². The Morgan fingerprint density at radius 2 is 2.38 bits per heavy atom. The molecule has 0 bridgehead atoms. The van der Waals surface area contributed by atoms with E-state index in [1.54, 1.807) is 6.92 Å². The predicted octanol–water partition coefficient (Wildman–Crippen LogP) is 1.94. The summed E-state index contributed by atoms with van der Waals surface area (Å²) in [5.41, 5.74) is 5.68. The Morgan fingerprint density at radius 1 is 1.62 bits per heavy atom. The zero-order valence-corrected chi connectivity index (χ0v) is 10.8. The van der Waals surface area contributed by atoms with Crippen LogP contribution in [0, 0.1) is 0 Å². The molecule has 0 aromatic carbocycles. The molecule has 16 heavy (non-hydrogen) atoms. The standard InChI is InChI=1S/C9H10BrN3O2S/c1-4(14)7(11)9-12-8(13-15-9)6-2-5(10)3-16-6/h2-4,7,14H,11H2,1H3. The first kappa shape index (κ1) is 11.7. The number of aromatic nitrogens is 2. The largest absolute Gasteiger partial charge is 0.391 e.